The summed E-state index contributed by atoms with van der Waals surface area (Å²) in [5, 5.41) is 30.3. The Kier molecular flexibility index (Phi) is 7.77. The van der Waals surface area contributed by atoms with Gasteiger partial charge in [0.05, 0.1) is 40.6 Å². The minimum atomic E-state index is -0.598. The normalized spacial score (nSPS) is 22.3. The van der Waals surface area contributed by atoms with Crippen LogP contribution < -0.4 is 10.1 Å². The Labute approximate surface area is 199 Å². The molecule has 0 bridgehead atoms. The van der Waals surface area contributed by atoms with Crippen LogP contribution in [0.2, 0.25) is 0 Å². The highest BCUT2D eigenvalue weighted by atomic mass is 127. The van der Waals surface area contributed by atoms with Crippen molar-refractivity contribution in [2.45, 2.75) is 44.2 Å². The van der Waals surface area contributed by atoms with Gasteiger partial charge in [0.1, 0.15) is 5.75 Å². The standard InChI is InChI=1S/C22H27IN4O5/c1-22(29)9-7-15(8-10-22)27-13-14-11-18(19(31-2)12-17(14)25-27)24-21(28)16(23)5-4-6-20(26-30)32-3/h4-6,11-13,15,29-30H,7-10H2,1-3H3,(H,24,28)/b6-4-,16-5-,26-20-. The average Bonchev–Trinajstić information content (AvgIpc) is 3.18. The third kappa shape index (κ3) is 5.80. The maximum atomic E-state index is 12.6. The van der Waals surface area contributed by atoms with E-state index in [4.69, 9.17) is 19.8 Å². The molecular weight excluding hydrogens is 527 g/mol. The van der Waals surface area contributed by atoms with E-state index < -0.39 is 5.60 Å². The van der Waals surface area contributed by atoms with Crippen LogP contribution in [-0.2, 0) is 9.53 Å². The second-order valence-corrected chi connectivity index (χ2v) is 9.08. The molecule has 0 spiro atoms. The number of amides is 1. The largest absolute Gasteiger partial charge is 0.494 e. The first kappa shape index (κ1) is 24.1. The van der Waals surface area contributed by atoms with Crippen molar-refractivity contribution < 1.29 is 24.6 Å². The van der Waals surface area contributed by atoms with Crippen molar-refractivity contribution in [2.75, 3.05) is 19.5 Å². The SMILES string of the molecule is COC(/C=C\C=C(/I)C(=O)Nc1cc2cn(C3CCC(C)(O)CC3)nc2cc1OC)=N\O. The summed E-state index contributed by atoms with van der Waals surface area (Å²) in [6.45, 7) is 1.88. The molecule has 32 heavy (non-hydrogen) atoms. The minimum absolute atomic E-state index is 0.0246. The molecule has 0 saturated heterocycles. The molecule has 3 N–H and O–H groups in total. The summed E-state index contributed by atoms with van der Waals surface area (Å²) < 4.78 is 12.6. The lowest BCUT2D eigenvalue weighted by atomic mass is 9.84. The Bertz CT molecular complexity index is 1060. The lowest BCUT2D eigenvalue weighted by Gasteiger charge is -2.33. The molecule has 10 heteroatoms. The van der Waals surface area contributed by atoms with Crippen LogP contribution in [0.25, 0.3) is 10.9 Å². The van der Waals surface area contributed by atoms with Crippen LogP contribution in [0.4, 0.5) is 5.69 Å². The van der Waals surface area contributed by atoms with Gasteiger partial charge in [-0.25, -0.2) is 0 Å². The summed E-state index contributed by atoms with van der Waals surface area (Å²) in [4.78, 5) is 12.6. The van der Waals surface area contributed by atoms with Gasteiger partial charge in [-0.15, -0.1) is 0 Å². The molecule has 0 unspecified atom stereocenters. The van der Waals surface area contributed by atoms with Gasteiger partial charge < -0.3 is 25.1 Å². The highest BCUT2D eigenvalue weighted by molar-refractivity contribution is 14.1. The van der Waals surface area contributed by atoms with Gasteiger partial charge in [0.25, 0.3) is 5.91 Å². The number of methoxy groups -OCH3 is 2. The maximum Gasteiger partial charge on any atom is 0.261 e. The molecule has 9 nitrogen and oxygen atoms in total. The third-order valence-electron chi connectivity index (χ3n) is 5.50. The topological polar surface area (TPSA) is 118 Å². The number of carbonyl (C=O) groups excluding carboxylic acids is 1. The van der Waals surface area contributed by atoms with Crippen LogP contribution in [0, 0.1) is 0 Å². The Morgan fingerprint density at radius 3 is 2.72 bits per heavy atom. The van der Waals surface area contributed by atoms with E-state index in [1.165, 1.54) is 13.2 Å². The van der Waals surface area contributed by atoms with Gasteiger partial charge in [-0.05, 0) is 72.5 Å². The fourth-order valence-corrected chi connectivity index (χ4v) is 3.97. The van der Waals surface area contributed by atoms with Gasteiger partial charge in [0.2, 0.25) is 5.90 Å². The molecule has 1 aromatic heterocycles. The molecule has 1 heterocycles. The van der Waals surface area contributed by atoms with Gasteiger partial charge in [-0.1, -0.05) is 6.08 Å². The number of nitrogens with zero attached hydrogens (tertiary/aromatic N) is 3. The number of nitrogens with one attached hydrogen (secondary N) is 1. The number of allylic oxidation sites excluding steroid dienone is 2. The number of hydrogen-bond donors (Lipinski definition) is 3. The number of hydrogen-bond acceptors (Lipinski definition) is 7. The number of aromatic nitrogens is 2. The maximum absolute atomic E-state index is 12.6. The summed E-state index contributed by atoms with van der Waals surface area (Å²) in [7, 11) is 2.92. The van der Waals surface area contributed by atoms with Gasteiger partial charge in [0, 0.05) is 23.7 Å². The minimum Gasteiger partial charge on any atom is -0.494 e. The highest BCUT2D eigenvalue weighted by Crippen LogP contribution is 2.36. The highest BCUT2D eigenvalue weighted by Gasteiger charge is 2.30. The molecule has 1 saturated carbocycles. The summed E-state index contributed by atoms with van der Waals surface area (Å²) in [5.41, 5.74) is 0.720. The van der Waals surface area contributed by atoms with E-state index in [1.54, 1.807) is 25.3 Å². The van der Waals surface area contributed by atoms with E-state index in [1.807, 2.05) is 46.5 Å². The number of halogens is 1. The average molecular weight is 554 g/mol. The van der Waals surface area contributed by atoms with Crippen molar-refractivity contribution in [1.82, 2.24) is 9.78 Å². The number of anilines is 1. The van der Waals surface area contributed by atoms with E-state index in [-0.39, 0.29) is 17.8 Å². The first-order chi connectivity index (χ1) is 15.3. The van der Waals surface area contributed by atoms with Crippen molar-refractivity contribution in [2.24, 2.45) is 5.16 Å². The van der Waals surface area contributed by atoms with Gasteiger partial charge >= 0.3 is 0 Å². The molecule has 172 valence electrons. The van der Waals surface area contributed by atoms with Crippen molar-refractivity contribution in [3.8, 4) is 5.75 Å². The summed E-state index contributed by atoms with van der Waals surface area (Å²) in [6, 6.07) is 3.89. The number of oxime groups is 1. The zero-order valence-electron chi connectivity index (χ0n) is 18.2. The van der Waals surface area contributed by atoms with Crippen molar-refractivity contribution in [1.29, 1.82) is 0 Å². The molecule has 0 aliphatic heterocycles. The Morgan fingerprint density at radius 1 is 1.38 bits per heavy atom. The van der Waals surface area contributed by atoms with Crippen LogP contribution in [-0.4, -0.2) is 51.7 Å². The summed E-state index contributed by atoms with van der Waals surface area (Å²) in [5.74, 6) is 0.225. The molecule has 1 amide bonds. The predicted molar refractivity (Wildman–Crippen MR) is 131 cm³/mol. The lowest BCUT2D eigenvalue weighted by molar-refractivity contribution is -0.112. The third-order valence-corrected chi connectivity index (χ3v) is 6.35. The first-order valence-corrected chi connectivity index (χ1v) is 11.2. The summed E-state index contributed by atoms with van der Waals surface area (Å²) in [6.07, 6.45) is 9.74. The smallest absolute Gasteiger partial charge is 0.261 e. The first-order valence-electron chi connectivity index (χ1n) is 10.2. The molecule has 0 radical (unpaired) electrons. The van der Waals surface area contributed by atoms with Crippen LogP contribution in [0.3, 0.4) is 0 Å². The van der Waals surface area contributed by atoms with E-state index in [0.29, 0.717) is 15.0 Å². The lowest BCUT2D eigenvalue weighted by Crippen LogP contribution is -2.31. The number of carbonyl (C=O) groups is 1. The van der Waals surface area contributed by atoms with E-state index >= 15 is 0 Å². The Morgan fingerprint density at radius 2 is 2.09 bits per heavy atom. The van der Waals surface area contributed by atoms with Crippen molar-refractivity contribution >= 4 is 51.0 Å². The van der Waals surface area contributed by atoms with E-state index in [9.17, 15) is 9.90 Å². The number of rotatable bonds is 6. The van der Waals surface area contributed by atoms with Gasteiger partial charge in [0.15, 0.2) is 0 Å². The molecule has 2 aromatic rings. The number of aliphatic hydroxyl groups is 1. The van der Waals surface area contributed by atoms with Crippen LogP contribution in [0.1, 0.15) is 38.6 Å². The fourth-order valence-electron chi connectivity index (χ4n) is 3.63. The van der Waals surface area contributed by atoms with Gasteiger partial charge in [-0.2, -0.15) is 5.10 Å². The van der Waals surface area contributed by atoms with Gasteiger partial charge in [-0.3, -0.25) is 9.48 Å². The Hall–Kier alpha value is -2.60. The van der Waals surface area contributed by atoms with E-state index in [0.717, 1.165) is 36.6 Å². The van der Waals surface area contributed by atoms with E-state index in [2.05, 4.69) is 10.5 Å². The zero-order valence-corrected chi connectivity index (χ0v) is 20.4. The second kappa shape index (κ2) is 10.3. The molecule has 3 rings (SSSR count). The van der Waals surface area contributed by atoms with Crippen LogP contribution >= 0.6 is 22.6 Å². The zero-order chi connectivity index (χ0) is 23.3. The molecule has 1 aliphatic rings. The number of fused-ring (bicyclic) bond motifs is 1. The number of ether oxygens (including phenoxy) is 2. The predicted octanol–water partition coefficient (Wildman–Crippen LogP) is 4.16. The van der Waals surface area contributed by atoms with Crippen LogP contribution in [0.5, 0.6) is 5.75 Å². The molecular formula is C22H27IN4O5. The fraction of sp³-hybridized carbons (Fsp3) is 0.409. The monoisotopic (exact) mass is 554 g/mol. The van der Waals surface area contributed by atoms with Crippen molar-refractivity contribution in [3.63, 3.8) is 0 Å². The quantitative estimate of drug-likeness (QED) is 0.0939. The molecule has 1 fully saturated rings. The summed E-state index contributed by atoms with van der Waals surface area (Å²) >= 11 is 1.92. The Balaban J connectivity index is 1.78. The molecule has 1 aliphatic carbocycles. The molecule has 0 atom stereocenters. The van der Waals surface area contributed by atoms with Crippen LogP contribution in [0.15, 0.2) is 45.3 Å². The van der Waals surface area contributed by atoms with Crippen molar-refractivity contribution in [3.05, 3.63) is 40.1 Å². The molecule has 1 aromatic carbocycles. The second-order valence-electron chi connectivity index (χ2n) is 7.92. The number of benzene rings is 1.